The molecule has 2 N–H and O–H groups in total. The van der Waals surface area contributed by atoms with Gasteiger partial charge >= 0.3 is 0 Å². The Labute approximate surface area is 141 Å². The molecule has 1 fully saturated rings. The van der Waals surface area contributed by atoms with Gasteiger partial charge in [-0.1, -0.05) is 12.1 Å². The number of aromatic nitrogens is 1. The maximum Gasteiger partial charge on any atom is 0.251 e. The summed E-state index contributed by atoms with van der Waals surface area (Å²) in [6, 6.07) is 7.81. The molecule has 0 radical (unpaired) electrons. The molecule has 6 heteroatoms. The molecule has 25 heavy (non-hydrogen) atoms. The molecule has 0 saturated heterocycles. The summed E-state index contributed by atoms with van der Waals surface area (Å²) >= 11 is 0. The molecule has 1 aliphatic carbocycles. The van der Waals surface area contributed by atoms with Gasteiger partial charge in [-0.2, -0.15) is 0 Å². The van der Waals surface area contributed by atoms with E-state index < -0.39 is 23.8 Å². The minimum Gasteiger partial charge on any atom is -0.508 e. The molecular weight excluding hydrogens is 328 g/mol. The predicted molar refractivity (Wildman–Crippen MR) is 89.4 cm³/mol. The molecule has 128 valence electrons. The number of rotatable bonds is 3. The highest BCUT2D eigenvalue weighted by atomic mass is 19.1. The van der Waals surface area contributed by atoms with Crippen LogP contribution in [0.3, 0.4) is 0 Å². The highest BCUT2D eigenvalue weighted by molar-refractivity contribution is 5.88. The number of aliphatic hydroxyl groups excluding tert-OH is 1. The maximum atomic E-state index is 15.3. The Kier molecular flexibility index (Phi) is 3.58. The van der Waals surface area contributed by atoms with Gasteiger partial charge < -0.3 is 14.8 Å². The lowest BCUT2D eigenvalue weighted by Gasteiger charge is -2.16. The van der Waals surface area contributed by atoms with Gasteiger partial charge in [-0.25, -0.2) is 8.78 Å². The molecule has 1 aromatic heterocycles. The maximum absolute atomic E-state index is 15.3. The van der Waals surface area contributed by atoms with Crippen LogP contribution in [0.2, 0.25) is 0 Å². The quantitative estimate of drug-likeness (QED) is 0.765. The van der Waals surface area contributed by atoms with Crippen molar-refractivity contribution in [2.75, 3.05) is 0 Å². The molecule has 1 heterocycles. The van der Waals surface area contributed by atoms with Crippen LogP contribution in [-0.4, -0.2) is 14.8 Å². The normalized spacial score (nSPS) is 14.2. The molecule has 0 amide bonds. The Balaban J connectivity index is 2.11. The molecule has 0 aliphatic heterocycles. The summed E-state index contributed by atoms with van der Waals surface area (Å²) in [6.45, 7) is -0.477. The van der Waals surface area contributed by atoms with Gasteiger partial charge in [0.1, 0.15) is 11.6 Å². The van der Waals surface area contributed by atoms with E-state index in [0.717, 1.165) is 18.9 Å². The van der Waals surface area contributed by atoms with Crippen molar-refractivity contribution < 1.29 is 19.0 Å². The number of pyridine rings is 1. The number of fused-ring (bicyclic) bond motifs is 1. The summed E-state index contributed by atoms with van der Waals surface area (Å²) in [5.74, 6) is -1.63. The zero-order valence-electron chi connectivity index (χ0n) is 13.2. The van der Waals surface area contributed by atoms with Gasteiger partial charge in [0.25, 0.3) is 5.56 Å². The Bertz CT molecular complexity index is 1040. The zero-order valence-corrected chi connectivity index (χ0v) is 13.2. The fourth-order valence-electron chi connectivity index (χ4n) is 3.21. The Morgan fingerprint density at radius 2 is 1.80 bits per heavy atom. The van der Waals surface area contributed by atoms with E-state index >= 15 is 4.39 Å². The highest BCUT2D eigenvalue weighted by Crippen LogP contribution is 2.39. The van der Waals surface area contributed by atoms with E-state index in [0.29, 0.717) is 0 Å². The van der Waals surface area contributed by atoms with Crippen LogP contribution in [0.15, 0.2) is 41.2 Å². The van der Waals surface area contributed by atoms with Gasteiger partial charge in [-0.15, -0.1) is 0 Å². The second-order valence-corrected chi connectivity index (χ2v) is 6.26. The third kappa shape index (κ3) is 2.49. The number of aromatic hydroxyl groups is 1. The van der Waals surface area contributed by atoms with Crippen LogP contribution < -0.4 is 5.56 Å². The number of aliphatic hydroxyl groups is 1. The molecule has 1 aliphatic rings. The van der Waals surface area contributed by atoms with Crippen LogP contribution in [-0.2, 0) is 6.61 Å². The number of hydrogen-bond donors (Lipinski definition) is 2. The van der Waals surface area contributed by atoms with Crippen molar-refractivity contribution in [1.29, 1.82) is 0 Å². The fraction of sp³-hybridized carbons (Fsp3) is 0.211. The molecule has 3 aromatic rings. The summed E-state index contributed by atoms with van der Waals surface area (Å²) in [6.07, 6.45) is 1.53. The number of phenolic OH excluding ortho intramolecular Hbond substituents is 1. The fourth-order valence-corrected chi connectivity index (χ4v) is 3.21. The van der Waals surface area contributed by atoms with E-state index in [1.165, 1.54) is 34.9 Å². The van der Waals surface area contributed by atoms with Crippen molar-refractivity contribution in [3.05, 3.63) is 63.9 Å². The lowest BCUT2D eigenvalue weighted by atomic mass is 9.99. The molecule has 4 nitrogen and oxygen atoms in total. The topological polar surface area (TPSA) is 62.5 Å². The molecule has 0 bridgehead atoms. The van der Waals surface area contributed by atoms with E-state index in [9.17, 15) is 19.4 Å². The smallest absolute Gasteiger partial charge is 0.251 e. The summed E-state index contributed by atoms with van der Waals surface area (Å²) in [7, 11) is 0. The second kappa shape index (κ2) is 5.67. The van der Waals surface area contributed by atoms with E-state index in [-0.39, 0.29) is 39.4 Å². The van der Waals surface area contributed by atoms with Crippen LogP contribution in [0.25, 0.3) is 22.0 Å². The number of phenols is 1. The SMILES string of the molecule is O=c1cc(CO)c2cc(F)c(-c3ccc(O)cc3)c(F)c2n1C1CC1. The molecule has 4 rings (SSSR count). The first-order valence-electron chi connectivity index (χ1n) is 7.97. The van der Waals surface area contributed by atoms with Crippen LogP contribution >= 0.6 is 0 Å². The lowest BCUT2D eigenvalue weighted by molar-refractivity contribution is 0.283. The minimum absolute atomic E-state index is 0.0113. The number of halogens is 2. The molecule has 0 spiro atoms. The predicted octanol–water partition coefficient (Wildman–Crippen LogP) is 3.48. The first-order valence-corrected chi connectivity index (χ1v) is 7.97. The molecule has 2 aromatic carbocycles. The van der Waals surface area contributed by atoms with Gasteiger partial charge in [0, 0.05) is 17.5 Å². The van der Waals surface area contributed by atoms with Crippen molar-refractivity contribution >= 4 is 10.9 Å². The lowest BCUT2D eigenvalue weighted by Crippen LogP contribution is -2.21. The van der Waals surface area contributed by atoms with Crippen molar-refractivity contribution in [2.45, 2.75) is 25.5 Å². The number of nitrogens with zero attached hydrogens (tertiary/aromatic N) is 1. The highest BCUT2D eigenvalue weighted by Gasteiger charge is 2.29. The zero-order chi connectivity index (χ0) is 17.7. The summed E-state index contributed by atoms with van der Waals surface area (Å²) in [5, 5.41) is 19.1. The van der Waals surface area contributed by atoms with Crippen LogP contribution in [0.5, 0.6) is 5.75 Å². The summed E-state index contributed by atoms with van der Waals surface area (Å²) < 4.78 is 31.3. The van der Waals surface area contributed by atoms with E-state index in [1.54, 1.807) is 0 Å². The average Bonchev–Trinajstić information content (AvgIpc) is 3.41. The largest absolute Gasteiger partial charge is 0.508 e. The van der Waals surface area contributed by atoms with Crippen LogP contribution in [0.1, 0.15) is 24.4 Å². The minimum atomic E-state index is -0.833. The molecule has 0 unspecified atom stereocenters. The van der Waals surface area contributed by atoms with Gasteiger partial charge in [0.05, 0.1) is 17.7 Å². The molecule has 0 atom stereocenters. The third-order valence-corrected chi connectivity index (χ3v) is 4.55. The van der Waals surface area contributed by atoms with Crippen molar-refractivity contribution in [3.63, 3.8) is 0 Å². The van der Waals surface area contributed by atoms with Gasteiger partial charge in [0.15, 0.2) is 5.82 Å². The van der Waals surface area contributed by atoms with Crippen molar-refractivity contribution in [3.8, 4) is 16.9 Å². The average molecular weight is 343 g/mol. The standard InChI is InChI=1S/C19H15F2NO3/c20-15-8-14-11(9-23)7-16(25)22(12-3-4-12)19(14)18(21)17(15)10-1-5-13(24)6-2-10/h1-2,5-8,12,23-24H,3-4,9H2. The van der Waals surface area contributed by atoms with Gasteiger partial charge in [0.2, 0.25) is 0 Å². The van der Waals surface area contributed by atoms with E-state index in [2.05, 4.69) is 0 Å². The molecule has 1 saturated carbocycles. The first-order chi connectivity index (χ1) is 12.0. The Morgan fingerprint density at radius 1 is 1.12 bits per heavy atom. The molecular formula is C19H15F2NO3. The Morgan fingerprint density at radius 3 is 2.40 bits per heavy atom. The van der Waals surface area contributed by atoms with Crippen LogP contribution in [0.4, 0.5) is 8.78 Å². The first kappa shape index (κ1) is 15.8. The Hall–Kier alpha value is -2.73. The third-order valence-electron chi connectivity index (χ3n) is 4.55. The number of hydrogen-bond acceptors (Lipinski definition) is 3. The van der Waals surface area contributed by atoms with E-state index in [4.69, 9.17) is 0 Å². The number of benzene rings is 2. The van der Waals surface area contributed by atoms with Crippen molar-refractivity contribution in [2.24, 2.45) is 0 Å². The van der Waals surface area contributed by atoms with E-state index in [1.807, 2.05) is 0 Å². The van der Waals surface area contributed by atoms with Crippen molar-refractivity contribution in [1.82, 2.24) is 4.57 Å². The van der Waals surface area contributed by atoms with Gasteiger partial charge in [-0.3, -0.25) is 4.79 Å². The second-order valence-electron chi connectivity index (χ2n) is 6.26. The monoisotopic (exact) mass is 343 g/mol. The summed E-state index contributed by atoms with van der Waals surface area (Å²) in [5.41, 5.74) is -0.174. The van der Waals surface area contributed by atoms with Crippen LogP contribution in [0, 0.1) is 11.6 Å². The summed E-state index contributed by atoms with van der Waals surface area (Å²) in [4.78, 5) is 12.4. The van der Waals surface area contributed by atoms with Gasteiger partial charge in [-0.05, 0) is 42.2 Å².